The molecule has 1 aliphatic carbocycles. The highest BCUT2D eigenvalue weighted by Gasteiger charge is 2.20. The van der Waals surface area contributed by atoms with Crippen LogP contribution in [0.3, 0.4) is 0 Å². The molecule has 0 saturated heterocycles. The molecule has 1 unspecified atom stereocenters. The topological polar surface area (TPSA) is 89.8 Å². The van der Waals surface area contributed by atoms with Gasteiger partial charge < -0.3 is 0 Å². The first kappa shape index (κ1) is 21.2. The van der Waals surface area contributed by atoms with Gasteiger partial charge in [-0.05, 0) is 57.2 Å². The molecule has 0 aliphatic heterocycles. The van der Waals surface area contributed by atoms with E-state index in [-0.39, 0.29) is 17.4 Å². The number of para-hydroxylation sites is 1. The van der Waals surface area contributed by atoms with E-state index in [4.69, 9.17) is 4.98 Å². The van der Waals surface area contributed by atoms with Crippen molar-refractivity contribution in [3.05, 3.63) is 64.7 Å². The number of anilines is 1. The van der Waals surface area contributed by atoms with Crippen LogP contribution in [0.15, 0.2) is 64.3 Å². The number of benzene rings is 1. The Labute approximate surface area is 185 Å². The molecular formula is C23H25N5O2S. The molecule has 1 aromatic carbocycles. The summed E-state index contributed by atoms with van der Waals surface area (Å²) in [5.41, 5.74) is 1.97. The van der Waals surface area contributed by atoms with Crippen molar-refractivity contribution >= 4 is 34.5 Å². The van der Waals surface area contributed by atoms with Crippen molar-refractivity contribution in [1.29, 1.82) is 0 Å². The second-order valence-corrected chi connectivity index (χ2v) is 8.86. The van der Waals surface area contributed by atoms with Crippen LogP contribution in [0.2, 0.25) is 0 Å². The minimum absolute atomic E-state index is 0.0662. The van der Waals surface area contributed by atoms with Crippen molar-refractivity contribution in [3.8, 4) is 0 Å². The number of carbonyl (C=O) groups excluding carboxylic acids is 1. The third kappa shape index (κ3) is 5.19. The molecule has 160 valence electrons. The van der Waals surface area contributed by atoms with Crippen molar-refractivity contribution in [3.63, 3.8) is 0 Å². The Hall–Kier alpha value is -3.00. The van der Waals surface area contributed by atoms with Crippen molar-refractivity contribution in [2.45, 2.75) is 56.0 Å². The number of thioether (sulfide) groups is 1. The van der Waals surface area contributed by atoms with Gasteiger partial charge in [-0.15, -0.1) is 0 Å². The van der Waals surface area contributed by atoms with E-state index in [1.807, 2.05) is 18.2 Å². The van der Waals surface area contributed by atoms with Gasteiger partial charge in [0, 0.05) is 18.9 Å². The maximum absolute atomic E-state index is 13.2. The van der Waals surface area contributed by atoms with E-state index in [1.54, 1.807) is 36.0 Å². The molecule has 8 heteroatoms. The summed E-state index contributed by atoms with van der Waals surface area (Å²) in [6.45, 7) is 2.35. The summed E-state index contributed by atoms with van der Waals surface area (Å²) in [6, 6.07) is 9.04. The third-order valence-electron chi connectivity index (χ3n) is 5.32. The summed E-state index contributed by atoms with van der Waals surface area (Å²) in [5, 5.41) is 3.38. The highest BCUT2D eigenvalue weighted by Crippen LogP contribution is 2.25. The zero-order valence-corrected chi connectivity index (χ0v) is 18.3. The van der Waals surface area contributed by atoms with Gasteiger partial charge in [-0.3, -0.25) is 19.5 Å². The number of rotatable bonds is 7. The van der Waals surface area contributed by atoms with Crippen LogP contribution in [0, 0.1) is 0 Å². The monoisotopic (exact) mass is 435 g/mol. The Morgan fingerprint density at radius 3 is 2.77 bits per heavy atom. The smallest absolute Gasteiger partial charge is 0.262 e. The van der Waals surface area contributed by atoms with E-state index < -0.39 is 5.25 Å². The second-order valence-electron chi connectivity index (χ2n) is 7.55. The van der Waals surface area contributed by atoms with Gasteiger partial charge in [0.05, 0.1) is 16.2 Å². The average molecular weight is 436 g/mol. The Morgan fingerprint density at radius 2 is 2.00 bits per heavy atom. The van der Waals surface area contributed by atoms with Crippen LogP contribution in [-0.4, -0.2) is 30.7 Å². The van der Waals surface area contributed by atoms with Gasteiger partial charge in [-0.25, -0.2) is 15.0 Å². The molecule has 0 spiro atoms. The quantitative estimate of drug-likeness (QED) is 0.340. The third-order valence-corrected chi connectivity index (χ3v) is 6.41. The maximum Gasteiger partial charge on any atom is 0.262 e. The number of fused-ring (bicyclic) bond motifs is 1. The van der Waals surface area contributed by atoms with Gasteiger partial charge in [-0.1, -0.05) is 35.5 Å². The first-order valence-electron chi connectivity index (χ1n) is 10.5. The first-order chi connectivity index (χ1) is 15.1. The first-order valence-corrected chi connectivity index (χ1v) is 11.4. The Balaban J connectivity index is 1.59. The van der Waals surface area contributed by atoms with E-state index in [9.17, 15) is 9.59 Å². The molecule has 7 nitrogen and oxygen atoms in total. The van der Waals surface area contributed by atoms with Crippen LogP contribution in [0.4, 0.5) is 5.95 Å². The largest absolute Gasteiger partial charge is 0.294 e. The SMILES string of the molecule is CC(Sc1nc2ccccc2c(=O)n1CCC1=CCCCC1)C(=O)Nc1ncccn1. The number of aromatic nitrogens is 4. The van der Waals surface area contributed by atoms with Crippen LogP contribution in [-0.2, 0) is 11.3 Å². The summed E-state index contributed by atoms with van der Waals surface area (Å²) >= 11 is 1.28. The molecule has 4 rings (SSSR count). The summed E-state index contributed by atoms with van der Waals surface area (Å²) in [5.74, 6) is 0.0215. The van der Waals surface area contributed by atoms with E-state index in [1.165, 1.54) is 30.2 Å². The zero-order valence-electron chi connectivity index (χ0n) is 17.5. The highest BCUT2D eigenvalue weighted by atomic mass is 32.2. The molecular weight excluding hydrogens is 410 g/mol. The standard InChI is InChI=1S/C23H25N5O2S/c1-16(20(29)27-22-24-13-7-14-25-22)31-23-26-19-11-6-5-10-18(19)21(30)28(23)15-12-17-8-3-2-4-9-17/h5-8,10-11,13-14,16H,2-4,9,12,15H2,1H3,(H,24,25,27,29). The highest BCUT2D eigenvalue weighted by molar-refractivity contribution is 8.00. The van der Waals surface area contributed by atoms with Gasteiger partial charge in [0.25, 0.3) is 5.56 Å². The molecule has 31 heavy (non-hydrogen) atoms. The second kappa shape index (κ2) is 9.87. The molecule has 0 saturated carbocycles. The molecule has 3 aromatic rings. The summed E-state index contributed by atoms with van der Waals surface area (Å²) in [4.78, 5) is 38.7. The molecule has 1 aliphatic rings. The predicted molar refractivity (Wildman–Crippen MR) is 123 cm³/mol. The number of hydrogen-bond donors (Lipinski definition) is 1. The number of nitrogens with one attached hydrogen (secondary N) is 1. The van der Waals surface area contributed by atoms with E-state index in [0.717, 1.165) is 19.3 Å². The lowest BCUT2D eigenvalue weighted by Crippen LogP contribution is -2.27. The minimum atomic E-state index is -0.475. The van der Waals surface area contributed by atoms with Gasteiger partial charge >= 0.3 is 0 Å². The summed E-state index contributed by atoms with van der Waals surface area (Å²) in [7, 11) is 0. The maximum atomic E-state index is 13.2. The zero-order chi connectivity index (χ0) is 21.6. The average Bonchev–Trinajstić information content (AvgIpc) is 2.80. The molecule has 0 bridgehead atoms. The van der Waals surface area contributed by atoms with Gasteiger partial charge in [-0.2, -0.15) is 0 Å². The van der Waals surface area contributed by atoms with E-state index in [0.29, 0.717) is 22.6 Å². The van der Waals surface area contributed by atoms with Crippen molar-refractivity contribution < 1.29 is 4.79 Å². The lowest BCUT2D eigenvalue weighted by Gasteiger charge is -2.18. The predicted octanol–water partition coefficient (Wildman–Crippen LogP) is 4.20. The molecule has 1 amide bonds. The Kier molecular flexibility index (Phi) is 6.76. The van der Waals surface area contributed by atoms with Crippen LogP contribution in [0.1, 0.15) is 39.0 Å². The molecule has 2 aromatic heterocycles. The molecule has 1 atom stereocenters. The molecule has 1 N–H and O–H groups in total. The normalized spacial score (nSPS) is 14.8. The fraction of sp³-hybridized carbons (Fsp3) is 0.348. The number of nitrogens with zero attached hydrogens (tertiary/aromatic N) is 4. The fourth-order valence-electron chi connectivity index (χ4n) is 3.61. The number of hydrogen-bond acceptors (Lipinski definition) is 6. The van der Waals surface area contributed by atoms with Crippen LogP contribution in [0.25, 0.3) is 10.9 Å². The Bertz CT molecular complexity index is 1160. The molecule has 0 fully saturated rings. The van der Waals surface area contributed by atoms with Gasteiger partial charge in [0.15, 0.2) is 5.16 Å². The Morgan fingerprint density at radius 1 is 1.19 bits per heavy atom. The lowest BCUT2D eigenvalue weighted by atomic mass is 9.97. The molecule has 0 radical (unpaired) electrons. The van der Waals surface area contributed by atoms with Crippen molar-refractivity contribution in [1.82, 2.24) is 19.5 Å². The lowest BCUT2D eigenvalue weighted by molar-refractivity contribution is -0.115. The van der Waals surface area contributed by atoms with Crippen molar-refractivity contribution in [2.24, 2.45) is 0 Å². The van der Waals surface area contributed by atoms with E-state index in [2.05, 4.69) is 21.4 Å². The summed E-state index contributed by atoms with van der Waals surface area (Å²) in [6.07, 6.45) is 10.9. The van der Waals surface area contributed by atoms with Crippen LogP contribution in [0.5, 0.6) is 0 Å². The van der Waals surface area contributed by atoms with E-state index >= 15 is 0 Å². The van der Waals surface area contributed by atoms with Crippen LogP contribution < -0.4 is 10.9 Å². The van der Waals surface area contributed by atoms with Crippen LogP contribution >= 0.6 is 11.8 Å². The number of carbonyl (C=O) groups is 1. The summed E-state index contributed by atoms with van der Waals surface area (Å²) < 4.78 is 1.71. The van der Waals surface area contributed by atoms with Crippen molar-refractivity contribution in [2.75, 3.05) is 5.32 Å². The minimum Gasteiger partial charge on any atom is -0.294 e. The van der Waals surface area contributed by atoms with Gasteiger partial charge in [0.1, 0.15) is 0 Å². The fourth-order valence-corrected chi connectivity index (χ4v) is 4.54. The van der Waals surface area contributed by atoms with Gasteiger partial charge in [0.2, 0.25) is 11.9 Å². The number of allylic oxidation sites excluding steroid dienone is 2. The molecule has 2 heterocycles. The number of amides is 1.